The van der Waals surface area contributed by atoms with Gasteiger partial charge in [0, 0.05) is 17.3 Å². The molecular formula is C14H14Cl2N4O2S. The van der Waals surface area contributed by atoms with E-state index in [4.69, 9.17) is 23.2 Å². The van der Waals surface area contributed by atoms with Gasteiger partial charge in [0.1, 0.15) is 0 Å². The number of nitrogens with zero attached hydrogens (tertiary/aromatic N) is 3. The van der Waals surface area contributed by atoms with E-state index in [1.54, 1.807) is 12.1 Å². The number of benzene rings is 1. The van der Waals surface area contributed by atoms with Crippen LogP contribution < -0.4 is 5.32 Å². The number of halogens is 2. The van der Waals surface area contributed by atoms with Crippen molar-refractivity contribution in [2.45, 2.75) is 25.0 Å². The standard InChI is InChI=1S/C14H14Cl2N4O2S/c1-2-6-23-14-18-12(16)11(20(21)22)13(19-14)17-8-9-4-3-5-10(15)7-9/h3-5,7H,2,6,8H2,1H3,(H,17,18,19). The highest BCUT2D eigenvalue weighted by Gasteiger charge is 2.23. The largest absolute Gasteiger partial charge is 0.360 e. The van der Waals surface area contributed by atoms with Crippen molar-refractivity contribution in [1.82, 2.24) is 9.97 Å². The molecule has 0 bridgehead atoms. The summed E-state index contributed by atoms with van der Waals surface area (Å²) >= 11 is 13.3. The highest BCUT2D eigenvalue weighted by molar-refractivity contribution is 7.99. The maximum absolute atomic E-state index is 11.2. The molecule has 23 heavy (non-hydrogen) atoms. The van der Waals surface area contributed by atoms with E-state index in [1.807, 2.05) is 19.1 Å². The Balaban J connectivity index is 2.26. The summed E-state index contributed by atoms with van der Waals surface area (Å²) in [6.07, 6.45) is 0.938. The van der Waals surface area contributed by atoms with Crippen molar-refractivity contribution in [3.63, 3.8) is 0 Å². The van der Waals surface area contributed by atoms with E-state index in [1.165, 1.54) is 11.8 Å². The molecule has 0 aliphatic heterocycles. The van der Waals surface area contributed by atoms with Gasteiger partial charge in [0.25, 0.3) is 0 Å². The van der Waals surface area contributed by atoms with Gasteiger partial charge in [-0.15, -0.1) is 0 Å². The van der Waals surface area contributed by atoms with E-state index in [0.717, 1.165) is 17.7 Å². The minimum atomic E-state index is -0.586. The van der Waals surface area contributed by atoms with Crippen LogP contribution >= 0.6 is 35.0 Å². The van der Waals surface area contributed by atoms with Crippen molar-refractivity contribution in [3.8, 4) is 0 Å². The Morgan fingerprint density at radius 1 is 1.35 bits per heavy atom. The first kappa shape index (κ1) is 17.8. The zero-order valence-electron chi connectivity index (χ0n) is 12.3. The molecule has 0 amide bonds. The van der Waals surface area contributed by atoms with Crippen LogP contribution in [0.2, 0.25) is 10.2 Å². The van der Waals surface area contributed by atoms with Gasteiger partial charge >= 0.3 is 5.69 Å². The first-order valence-corrected chi connectivity index (χ1v) is 8.58. The second-order valence-electron chi connectivity index (χ2n) is 4.58. The maximum Gasteiger partial charge on any atom is 0.348 e. The van der Waals surface area contributed by atoms with E-state index < -0.39 is 4.92 Å². The van der Waals surface area contributed by atoms with Crippen molar-refractivity contribution in [1.29, 1.82) is 0 Å². The normalized spacial score (nSPS) is 10.6. The van der Waals surface area contributed by atoms with Crippen molar-refractivity contribution in [3.05, 3.63) is 50.1 Å². The Kier molecular flexibility index (Phi) is 6.44. The Morgan fingerprint density at radius 3 is 2.78 bits per heavy atom. The number of hydrogen-bond donors (Lipinski definition) is 1. The summed E-state index contributed by atoms with van der Waals surface area (Å²) in [6, 6.07) is 7.20. The average molecular weight is 373 g/mol. The number of thioether (sulfide) groups is 1. The third kappa shape index (κ3) is 4.95. The molecule has 0 spiro atoms. The summed E-state index contributed by atoms with van der Waals surface area (Å²) in [5.74, 6) is 0.913. The van der Waals surface area contributed by atoms with Crippen LogP contribution in [0, 0.1) is 10.1 Å². The van der Waals surface area contributed by atoms with Crippen LogP contribution in [0.15, 0.2) is 29.4 Å². The van der Waals surface area contributed by atoms with Gasteiger partial charge < -0.3 is 5.32 Å². The predicted molar refractivity (Wildman–Crippen MR) is 93.5 cm³/mol. The Morgan fingerprint density at radius 2 is 2.13 bits per heavy atom. The molecular weight excluding hydrogens is 359 g/mol. The molecule has 0 aliphatic carbocycles. The highest BCUT2D eigenvalue weighted by atomic mass is 35.5. The van der Waals surface area contributed by atoms with Crippen molar-refractivity contribution in [2.75, 3.05) is 11.1 Å². The molecule has 1 aromatic heterocycles. The number of nitrogens with one attached hydrogen (secondary N) is 1. The molecule has 0 saturated heterocycles. The van der Waals surface area contributed by atoms with Crippen LogP contribution in [-0.4, -0.2) is 20.6 Å². The number of hydrogen-bond acceptors (Lipinski definition) is 6. The molecule has 0 fully saturated rings. The molecule has 0 aliphatic rings. The lowest BCUT2D eigenvalue weighted by molar-refractivity contribution is -0.384. The van der Waals surface area contributed by atoms with Crippen molar-refractivity contribution < 1.29 is 4.92 Å². The molecule has 122 valence electrons. The van der Waals surface area contributed by atoms with Gasteiger partial charge in [0.05, 0.1) is 4.92 Å². The van der Waals surface area contributed by atoms with Crippen LogP contribution in [0.1, 0.15) is 18.9 Å². The third-order valence-electron chi connectivity index (χ3n) is 2.79. The molecule has 0 radical (unpaired) electrons. The second kappa shape index (κ2) is 8.33. The molecule has 6 nitrogen and oxygen atoms in total. The second-order valence-corrected chi connectivity index (χ2v) is 6.44. The lowest BCUT2D eigenvalue weighted by Gasteiger charge is -2.09. The zero-order valence-corrected chi connectivity index (χ0v) is 14.6. The number of anilines is 1. The van der Waals surface area contributed by atoms with Gasteiger partial charge in [-0.2, -0.15) is 4.98 Å². The molecule has 0 atom stereocenters. The molecule has 0 unspecified atom stereocenters. The zero-order chi connectivity index (χ0) is 16.8. The Labute approximate surface area is 147 Å². The Bertz CT molecular complexity index is 715. The summed E-state index contributed by atoms with van der Waals surface area (Å²) in [7, 11) is 0. The van der Waals surface area contributed by atoms with Crippen LogP contribution in [0.5, 0.6) is 0 Å². The van der Waals surface area contributed by atoms with Gasteiger partial charge in [-0.3, -0.25) is 10.1 Å². The fraction of sp³-hybridized carbons (Fsp3) is 0.286. The van der Waals surface area contributed by atoms with E-state index in [0.29, 0.717) is 16.7 Å². The first-order chi connectivity index (χ1) is 11.0. The van der Waals surface area contributed by atoms with Gasteiger partial charge in [-0.25, -0.2) is 4.98 Å². The summed E-state index contributed by atoms with van der Waals surface area (Å²) < 4.78 is 0. The monoisotopic (exact) mass is 372 g/mol. The van der Waals surface area contributed by atoms with E-state index in [-0.39, 0.29) is 16.7 Å². The summed E-state index contributed by atoms with van der Waals surface area (Å²) in [6.45, 7) is 2.37. The molecule has 0 saturated carbocycles. The van der Waals surface area contributed by atoms with Gasteiger partial charge in [0.2, 0.25) is 11.0 Å². The number of nitro groups is 1. The van der Waals surface area contributed by atoms with E-state index in [9.17, 15) is 10.1 Å². The minimum absolute atomic E-state index is 0.105. The first-order valence-electron chi connectivity index (χ1n) is 6.84. The molecule has 1 heterocycles. The summed E-state index contributed by atoms with van der Waals surface area (Å²) in [5, 5.41) is 15.0. The summed E-state index contributed by atoms with van der Waals surface area (Å²) in [4.78, 5) is 18.8. The van der Waals surface area contributed by atoms with Crippen LogP contribution in [-0.2, 0) is 6.54 Å². The van der Waals surface area contributed by atoms with Crippen molar-refractivity contribution >= 4 is 46.5 Å². The quantitative estimate of drug-likeness (QED) is 0.247. The van der Waals surface area contributed by atoms with Gasteiger partial charge in [-0.05, 0) is 24.1 Å². The fourth-order valence-corrected chi connectivity index (χ4v) is 2.98. The molecule has 1 aromatic carbocycles. The van der Waals surface area contributed by atoms with Gasteiger partial charge in [-0.1, -0.05) is 54.0 Å². The lowest BCUT2D eigenvalue weighted by atomic mass is 10.2. The predicted octanol–water partition coefficient (Wildman–Crippen LogP) is 4.81. The smallest absolute Gasteiger partial charge is 0.348 e. The Hall–Kier alpha value is -1.57. The van der Waals surface area contributed by atoms with E-state index >= 15 is 0 Å². The van der Waals surface area contributed by atoms with Gasteiger partial charge in [0.15, 0.2) is 5.16 Å². The topological polar surface area (TPSA) is 81.0 Å². The molecule has 2 aromatic rings. The molecule has 1 N–H and O–H groups in total. The lowest BCUT2D eigenvalue weighted by Crippen LogP contribution is -2.07. The number of rotatable bonds is 7. The molecule has 9 heteroatoms. The fourth-order valence-electron chi connectivity index (χ4n) is 1.78. The SMILES string of the molecule is CCCSc1nc(Cl)c([N+](=O)[O-])c(NCc2cccc(Cl)c2)n1. The van der Waals surface area contributed by atoms with Crippen LogP contribution in [0.4, 0.5) is 11.5 Å². The third-order valence-corrected chi connectivity index (χ3v) is 4.34. The maximum atomic E-state index is 11.2. The molecule has 2 rings (SSSR count). The average Bonchev–Trinajstić information content (AvgIpc) is 2.50. The highest BCUT2D eigenvalue weighted by Crippen LogP contribution is 2.32. The minimum Gasteiger partial charge on any atom is -0.360 e. The van der Waals surface area contributed by atoms with Crippen LogP contribution in [0.25, 0.3) is 0 Å². The van der Waals surface area contributed by atoms with Crippen molar-refractivity contribution in [2.24, 2.45) is 0 Å². The number of aromatic nitrogens is 2. The summed E-state index contributed by atoms with van der Waals surface area (Å²) in [5.41, 5.74) is 0.554. The van der Waals surface area contributed by atoms with Crippen LogP contribution in [0.3, 0.4) is 0 Å². The van der Waals surface area contributed by atoms with E-state index in [2.05, 4.69) is 15.3 Å².